The third-order valence-electron chi connectivity index (χ3n) is 6.13. The topological polar surface area (TPSA) is 30.0 Å². The molecule has 3 rings (SSSR count). The molecule has 1 aromatic carbocycles. The third-order valence-corrected chi connectivity index (χ3v) is 6.13. The lowest BCUT2D eigenvalue weighted by Crippen LogP contribution is -2.55. The summed E-state index contributed by atoms with van der Waals surface area (Å²) in [5.41, 5.74) is 1.29. The van der Waals surface area contributed by atoms with Gasteiger partial charge in [-0.15, -0.1) is 0 Å². The van der Waals surface area contributed by atoms with Gasteiger partial charge in [0.05, 0.1) is 6.54 Å². The van der Waals surface area contributed by atoms with Crippen LogP contribution < -0.4 is 4.90 Å². The fourth-order valence-electron chi connectivity index (χ4n) is 4.41. The summed E-state index contributed by atoms with van der Waals surface area (Å²) in [6.07, 6.45) is 3.73. The number of hydrogen-bond acceptors (Lipinski definition) is 4. The summed E-state index contributed by atoms with van der Waals surface area (Å²) in [6, 6.07) is 11.3. The Morgan fingerprint density at radius 2 is 1.59 bits per heavy atom. The van der Waals surface area contributed by atoms with Gasteiger partial charge in [0.15, 0.2) is 0 Å². The molecule has 5 heteroatoms. The van der Waals surface area contributed by atoms with Crippen LogP contribution in [0.2, 0.25) is 0 Å². The lowest BCUT2D eigenvalue weighted by Gasteiger charge is -2.40. The Morgan fingerprint density at radius 1 is 0.926 bits per heavy atom. The maximum atomic E-state index is 12.7. The van der Waals surface area contributed by atoms with Gasteiger partial charge in [0, 0.05) is 64.1 Å². The van der Waals surface area contributed by atoms with Crippen molar-refractivity contribution in [2.75, 3.05) is 63.8 Å². The number of carbonyl (C=O) groups excluding carboxylic acids is 1. The lowest BCUT2D eigenvalue weighted by atomic mass is 10.1. The van der Waals surface area contributed by atoms with E-state index >= 15 is 0 Å². The molecule has 2 aliphatic heterocycles. The van der Waals surface area contributed by atoms with Crippen LogP contribution in [-0.2, 0) is 4.79 Å². The summed E-state index contributed by atoms with van der Waals surface area (Å²) in [7, 11) is 0. The van der Waals surface area contributed by atoms with Crippen molar-refractivity contribution in [3.05, 3.63) is 30.3 Å². The predicted octanol–water partition coefficient (Wildman–Crippen LogP) is 2.53. The number of hydrogen-bond donors (Lipinski definition) is 0. The highest BCUT2D eigenvalue weighted by molar-refractivity contribution is 5.78. The largest absolute Gasteiger partial charge is 0.369 e. The van der Waals surface area contributed by atoms with Gasteiger partial charge in [-0.25, -0.2) is 0 Å². The first-order valence-corrected chi connectivity index (χ1v) is 10.8. The quantitative estimate of drug-likeness (QED) is 0.736. The van der Waals surface area contributed by atoms with E-state index in [-0.39, 0.29) is 0 Å². The highest BCUT2D eigenvalue weighted by Gasteiger charge is 2.26. The number of carbonyl (C=O) groups is 1. The van der Waals surface area contributed by atoms with Gasteiger partial charge >= 0.3 is 0 Å². The molecule has 5 nitrogen and oxygen atoms in total. The zero-order valence-electron chi connectivity index (χ0n) is 17.1. The highest BCUT2D eigenvalue weighted by Crippen LogP contribution is 2.17. The van der Waals surface area contributed by atoms with Crippen molar-refractivity contribution in [3.8, 4) is 0 Å². The molecule has 1 aromatic rings. The molecule has 150 valence electrons. The molecular formula is C22H36N4O. The molecule has 0 bridgehead atoms. The molecule has 27 heavy (non-hydrogen) atoms. The molecular weight excluding hydrogens is 336 g/mol. The first kappa shape index (κ1) is 20.2. The van der Waals surface area contributed by atoms with Crippen LogP contribution in [0.15, 0.2) is 30.3 Å². The van der Waals surface area contributed by atoms with Gasteiger partial charge in [-0.05, 0) is 25.0 Å². The second-order valence-corrected chi connectivity index (χ2v) is 7.87. The molecule has 2 saturated heterocycles. The van der Waals surface area contributed by atoms with E-state index in [1.807, 2.05) is 0 Å². The van der Waals surface area contributed by atoms with E-state index in [1.54, 1.807) is 0 Å². The molecule has 1 atom stereocenters. The second kappa shape index (κ2) is 10.1. The Kier molecular flexibility index (Phi) is 7.53. The van der Waals surface area contributed by atoms with E-state index in [9.17, 15) is 4.79 Å². The molecule has 0 spiro atoms. The van der Waals surface area contributed by atoms with Gasteiger partial charge in [-0.3, -0.25) is 14.6 Å². The van der Waals surface area contributed by atoms with Crippen LogP contribution in [0.4, 0.5) is 5.69 Å². The Bertz CT molecular complexity index is 563. The standard InChI is InChI=1S/C22H36N4O/c1-3-8-20(4-2)24-15-17-26(18-16-24)22(27)19-23-11-13-25(14-12-23)21-9-6-5-7-10-21/h5-7,9-10,20H,3-4,8,11-19H2,1-2H3. The van der Waals surface area contributed by atoms with Crippen LogP contribution in [0.25, 0.3) is 0 Å². The van der Waals surface area contributed by atoms with Gasteiger partial charge in [0.2, 0.25) is 5.91 Å². The zero-order valence-corrected chi connectivity index (χ0v) is 17.1. The number of piperazine rings is 2. The van der Waals surface area contributed by atoms with E-state index < -0.39 is 0 Å². The zero-order chi connectivity index (χ0) is 19.1. The molecule has 2 aliphatic rings. The van der Waals surface area contributed by atoms with Gasteiger partial charge in [-0.2, -0.15) is 0 Å². The lowest BCUT2D eigenvalue weighted by molar-refractivity contribution is -0.134. The molecule has 0 aromatic heterocycles. The number of anilines is 1. The minimum atomic E-state index is 0.311. The summed E-state index contributed by atoms with van der Waals surface area (Å²) >= 11 is 0. The number of amides is 1. The molecule has 0 aliphatic carbocycles. The van der Waals surface area contributed by atoms with E-state index in [2.05, 4.69) is 63.8 Å². The van der Waals surface area contributed by atoms with Crippen LogP contribution in [0.5, 0.6) is 0 Å². The number of nitrogens with zero attached hydrogens (tertiary/aromatic N) is 4. The average Bonchev–Trinajstić information content (AvgIpc) is 2.73. The van der Waals surface area contributed by atoms with Crippen molar-refractivity contribution >= 4 is 11.6 Å². The minimum absolute atomic E-state index is 0.311. The second-order valence-electron chi connectivity index (χ2n) is 7.87. The van der Waals surface area contributed by atoms with Gasteiger partial charge in [0.25, 0.3) is 0 Å². The minimum Gasteiger partial charge on any atom is -0.369 e. The van der Waals surface area contributed by atoms with Crippen LogP contribution in [-0.4, -0.2) is 85.6 Å². The first-order valence-electron chi connectivity index (χ1n) is 10.8. The van der Waals surface area contributed by atoms with E-state index in [0.29, 0.717) is 18.5 Å². The van der Waals surface area contributed by atoms with E-state index in [4.69, 9.17) is 0 Å². The Balaban J connectivity index is 1.40. The van der Waals surface area contributed by atoms with Crippen molar-refractivity contribution in [1.82, 2.24) is 14.7 Å². The van der Waals surface area contributed by atoms with Gasteiger partial charge in [0.1, 0.15) is 0 Å². The monoisotopic (exact) mass is 372 g/mol. The Morgan fingerprint density at radius 3 is 2.19 bits per heavy atom. The molecule has 0 saturated carbocycles. The third kappa shape index (κ3) is 5.45. The van der Waals surface area contributed by atoms with Crippen molar-refractivity contribution in [3.63, 3.8) is 0 Å². The highest BCUT2D eigenvalue weighted by atomic mass is 16.2. The SMILES string of the molecule is CCCC(CC)N1CCN(C(=O)CN2CCN(c3ccccc3)CC2)CC1. The number of para-hydroxylation sites is 1. The van der Waals surface area contributed by atoms with Crippen molar-refractivity contribution < 1.29 is 4.79 Å². The van der Waals surface area contributed by atoms with E-state index in [1.165, 1.54) is 24.9 Å². The van der Waals surface area contributed by atoms with Crippen LogP contribution in [0.3, 0.4) is 0 Å². The molecule has 0 N–H and O–H groups in total. The molecule has 2 heterocycles. The predicted molar refractivity (Wildman–Crippen MR) is 112 cm³/mol. The van der Waals surface area contributed by atoms with Gasteiger partial charge < -0.3 is 9.80 Å². The summed E-state index contributed by atoms with van der Waals surface area (Å²) in [6.45, 7) is 12.9. The normalized spacial score (nSPS) is 20.7. The van der Waals surface area contributed by atoms with Crippen LogP contribution in [0.1, 0.15) is 33.1 Å². The summed E-state index contributed by atoms with van der Waals surface area (Å²) < 4.78 is 0. The van der Waals surface area contributed by atoms with Crippen LogP contribution in [0, 0.1) is 0 Å². The van der Waals surface area contributed by atoms with Crippen molar-refractivity contribution in [2.24, 2.45) is 0 Å². The smallest absolute Gasteiger partial charge is 0.236 e. The number of benzene rings is 1. The fourth-order valence-corrected chi connectivity index (χ4v) is 4.41. The summed E-state index contributed by atoms with van der Waals surface area (Å²) in [5, 5.41) is 0. The summed E-state index contributed by atoms with van der Waals surface area (Å²) in [4.78, 5) is 22.1. The molecule has 1 unspecified atom stereocenters. The van der Waals surface area contributed by atoms with Crippen LogP contribution >= 0.6 is 0 Å². The van der Waals surface area contributed by atoms with Crippen molar-refractivity contribution in [2.45, 2.75) is 39.2 Å². The average molecular weight is 373 g/mol. The summed E-state index contributed by atoms with van der Waals surface area (Å²) in [5.74, 6) is 0.311. The fraction of sp³-hybridized carbons (Fsp3) is 0.682. The Labute approximate surface area is 164 Å². The van der Waals surface area contributed by atoms with E-state index in [0.717, 1.165) is 52.4 Å². The molecule has 0 radical (unpaired) electrons. The maximum absolute atomic E-state index is 12.7. The maximum Gasteiger partial charge on any atom is 0.236 e. The van der Waals surface area contributed by atoms with Crippen molar-refractivity contribution in [1.29, 1.82) is 0 Å². The van der Waals surface area contributed by atoms with Gasteiger partial charge in [-0.1, -0.05) is 38.5 Å². The Hall–Kier alpha value is -1.59. The molecule has 1 amide bonds. The molecule has 2 fully saturated rings. The number of rotatable bonds is 7. The first-order chi connectivity index (χ1) is 13.2.